The molecule has 2 aromatic rings. The number of nitrogens with one attached hydrogen (secondary N) is 1. The van der Waals surface area contributed by atoms with E-state index >= 15 is 0 Å². The largest absolute Gasteiger partial charge is 0.294 e. The number of hydrogen-bond donors (Lipinski definition) is 1. The SMILES string of the molecule is N#CC(NCc1ccccc1)c1ccc(Cl)c(Cl)c1. The van der Waals surface area contributed by atoms with Gasteiger partial charge in [0.2, 0.25) is 0 Å². The molecule has 1 atom stereocenters. The monoisotopic (exact) mass is 290 g/mol. The lowest BCUT2D eigenvalue weighted by molar-refractivity contribution is 0.630. The molecule has 0 aromatic heterocycles. The number of hydrogen-bond acceptors (Lipinski definition) is 2. The summed E-state index contributed by atoms with van der Waals surface area (Å²) < 4.78 is 0. The molecule has 0 heterocycles. The van der Waals surface area contributed by atoms with Gasteiger partial charge in [-0.3, -0.25) is 5.32 Å². The highest BCUT2D eigenvalue weighted by atomic mass is 35.5. The van der Waals surface area contributed by atoms with Crippen molar-refractivity contribution in [1.29, 1.82) is 5.26 Å². The Kier molecular flexibility index (Phi) is 4.81. The number of halogens is 2. The number of benzene rings is 2. The van der Waals surface area contributed by atoms with Crippen molar-refractivity contribution >= 4 is 23.2 Å². The third-order valence-electron chi connectivity index (χ3n) is 2.76. The van der Waals surface area contributed by atoms with Gasteiger partial charge in [0, 0.05) is 6.54 Å². The van der Waals surface area contributed by atoms with E-state index in [4.69, 9.17) is 23.2 Å². The quantitative estimate of drug-likeness (QED) is 0.909. The van der Waals surface area contributed by atoms with Gasteiger partial charge in [-0.1, -0.05) is 59.6 Å². The normalized spacial score (nSPS) is 11.8. The lowest BCUT2D eigenvalue weighted by Crippen LogP contribution is -2.19. The van der Waals surface area contributed by atoms with Gasteiger partial charge in [0.25, 0.3) is 0 Å². The van der Waals surface area contributed by atoms with Gasteiger partial charge in [0.05, 0.1) is 16.1 Å². The van der Waals surface area contributed by atoms with Crippen LogP contribution in [0.15, 0.2) is 48.5 Å². The average Bonchev–Trinajstić information content (AvgIpc) is 2.44. The first-order valence-electron chi connectivity index (χ1n) is 5.82. The fourth-order valence-electron chi connectivity index (χ4n) is 1.75. The van der Waals surface area contributed by atoms with Crippen LogP contribution in [0.25, 0.3) is 0 Å². The van der Waals surface area contributed by atoms with Crippen LogP contribution in [0.5, 0.6) is 0 Å². The van der Waals surface area contributed by atoms with Crippen molar-refractivity contribution in [1.82, 2.24) is 5.32 Å². The summed E-state index contributed by atoms with van der Waals surface area (Å²) in [5, 5.41) is 13.4. The van der Waals surface area contributed by atoms with Gasteiger partial charge in [0.15, 0.2) is 0 Å². The summed E-state index contributed by atoms with van der Waals surface area (Å²) >= 11 is 11.8. The van der Waals surface area contributed by atoms with Gasteiger partial charge in [-0.2, -0.15) is 5.26 Å². The van der Waals surface area contributed by atoms with Gasteiger partial charge in [-0.15, -0.1) is 0 Å². The van der Waals surface area contributed by atoms with Crippen LogP contribution in [0.2, 0.25) is 10.0 Å². The molecule has 2 rings (SSSR count). The van der Waals surface area contributed by atoms with Crippen LogP contribution < -0.4 is 5.32 Å². The molecule has 0 aliphatic rings. The fraction of sp³-hybridized carbons (Fsp3) is 0.133. The van der Waals surface area contributed by atoms with Gasteiger partial charge in [-0.25, -0.2) is 0 Å². The third-order valence-corrected chi connectivity index (χ3v) is 3.50. The van der Waals surface area contributed by atoms with E-state index in [0.717, 1.165) is 11.1 Å². The van der Waals surface area contributed by atoms with Crippen LogP contribution in [0.1, 0.15) is 17.2 Å². The Morgan fingerprint density at radius 1 is 1.05 bits per heavy atom. The van der Waals surface area contributed by atoms with Crippen molar-refractivity contribution in [3.05, 3.63) is 69.7 Å². The van der Waals surface area contributed by atoms with E-state index in [2.05, 4.69) is 11.4 Å². The third kappa shape index (κ3) is 3.71. The molecule has 19 heavy (non-hydrogen) atoms. The second-order valence-corrected chi connectivity index (χ2v) is 4.92. The lowest BCUT2D eigenvalue weighted by Gasteiger charge is -2.12. The minimum absolute atomic E-state index is 0.407. The highest BCUT2D eigenvalue weighted by Gasteiger charge is 2.11. The van der Waals surface area contributed by atoms with Crippen LogP contribution >= 0.6 is 23.2 Å². The summed E-state index contributed by atoms with van der Waals surface area (Å²) in [5.74, 6) is 0. The Balaban J connectivity index is 2.08. The molecule has 0 saturated heterocycles. The molecule has 2 aromatic carbocycles. The van der Waals surface area contributed by atoms with E-state index in [-0.39, 0.29) is 0 Å². The Morgan fingerprint density at radius 2 is 1.79 bits per heavy atom. The van der Waals surface area contributed by atoms with Gasteiger partial charge < -0.3 is 0 Å². The number of rotatable bonds is 4. The van der Waals surface area contributed by atoms with E-state index < -0.39 is 6.04 Å². The zero-order chi connectivity index (χ0) is 13.7. The van der Waals surface area contributed by atoms with Crippen LogP contribution in [0, 0.1) is 11.3 Å². The zero-order valence-corrected chi connectivity index (χ0v) is 11.6. The minimum Gasteiger partial charge on any atom is -0.294 e. The smallest absolute Gasteiger partial charge is 0.121 e. The molecule has 4 heteroatoms. The first-order chi connectivity index (χ1) is 9.20. The van der Waals surface area contributed by atoms with Crippen molar-refractivity contribution in [2.75, 3.05) is 0 Å². The summed E-state index contributed by atoms with van der Waals surface area (Å²) in [4.78, 5) is 0. The van der Waals surface area contributed by atoms with Crippen LogP contribution in [0.3, 0.4) is 0 Å². The zero-order valence-electron chi connectivity index (χ0n) is 10.1. The fourth-order valence-corrected chi connectivity index (χ4v) is 2.05. The summed E-state index contributed by atoms with van der Waals surface area (Å²) in [6.45, 7) is 0.624. The second kappa shape index (κ2) is 6.58. The summed E-state index contributed by atoms with van der Waals surface area (Å²) in [6.07, 6.45) is 0. The molecule has 0 spiro atoms. The van der Waals surface area contributed by atoms with Crippen molar-refractivity contribution in [3.8, 4) is 6.07 Å². The molecule has 1 N–H and O–H groups in total. The van der Waals surface area contributed by atoms with Gasteiger partial charge >= 0.3 is 0 Å². The predicted molar refractivity (Wildman–Crippen MR) is 78.1 cm³/mol. The van der Waals surface area contributed by atoms with Crippen molar-refractivity contribution in [2.45, 2.75) is 12.6 Å². The van der Waals surface area contributed by atoms with E-state index in [0.29, 0.717) is 16.6 Å². The first kappa shape index (κ1) is 13.9. The van der Waals surface area contributed by atoms with Gasteiger partial charge in [0.1, 0.15) is 6.04 Å². The molecule has 96 valence electrons. The van der Waals surface area contributed by atoms with Crippen LogP contribution in [-0.4, -0.2) is 0 Å². The molecule has 0 aliphatic heterocycles. The second-order valence-electron chi connectivity index (χ2n) is 4.10. The first-order valence-corrected chi connectivity index (χ1v) is 6.58. The van der Waals surface area contributed by atoms with Crippen LogP contribution in [0.4, 0.5) is 0 Å². The van der Waals surface area contributed by atoms with Crippen molar-refractivity contribution in [2.24, 2.45) is 0 Å². The standard InChI is InChI=1S/C15H12Cl2N2/c16-13-7-6-12(8-14(13)17)15(9-18)19-10-11-4-2-1-3-5-11/h1-8,15,19H,10H2. The lowest BCUT2D eigenvalue weighted by atomic mass is 10.1. The maximum absolute atomic E-state index is 9.23. The van der Waals surface area contributed by atoms with Crippen molar-refractivity contribution < 1.29 is 0 Å². The molecule has 0 saturated carbocycles. The van der Waals surface area contributed by atoms with Gasteiger partial charge in [-0.05, 0) is 23.3 Å². The molecular weight excluding hydrogens is 279 g/mol. The molecule has 0 amide bonds. The maximum Gasteiger partial charge on any atom is 0.121 e. The van der Waals surface area contributed by atoms with E-state index in [1.807, 2.05) is 30.3 Å². The van der Waals surface area contributed by atoms with E-state index in [1.54, 1.807) is 18.2 Å². The highest BCUT2D eigenvalue weighted by molar-refractivity contribution is 6.42. The average molecular weight is 291 g/mol. The van der Waals surface area contributed by atoms with E-state index in [9.17, 15) is 5.26 Å². The predicted octanol–water partition coefficient (Wildman–Crippen LogP) is 4.35. The summed E-state index contributed by atoms with van der Waals surface area (Å²) in [6, 6.07) is 17.0. The molecule has 1 unspecified atom stereocenters. The Bertz CT molecular complexity index is 591. The maximum atomic E-state index is 9.23. The molecule has 0 bridgehead atoms. The summed E-state index contributed by atoms with van der Waals surface area (Å²) in [7, 11) is 0. The number of nitrogens with zero attached hydrogens (tertiary/aromatic N) is 1. The summed E-state index contributed by atoms with van der Waals surface area (Å²) in [5.41, 5.74) is 1.94. The topological polar surface area (TPSA) is 35.8 Å². The van der Waals surface area contributed by atoms with E-state index in [1.165, 1.54) is 0 Å². The van der Waals surface area contributed by atoms with Crippen molar-refractivity contribution in [3.63, 3.8) is 0 Å². The molecule has 2 nitrogen and oxygen atoms in total. The minimum atomic E-state index is -0.407. The molecular formula is C15H12Cl2N2. The molecule has 0 fully saturated rings. The van der Waals surface area contributed by atoms with Crippen LogP contribution in [-0.2, 0) is 6.54 Å². The Labute approximate surface area is 122 Å². The molecule has 0 radical (unpaired) electrons. The highest BCUT2D eigenvalue weighted by Crippen LogP contribution is 2.25. The molecule has 0 aliphatic carbocycles. The number of nitriles is 1. The Hall–Kier alpha value is -1.53. The Morgan fingerprint density at radius 3 is 2.42 bits per heavy atom.